The Bertz CT molecular complexity index is 689. The van der Waals surface area contributed by atoms with Gasteiger partial charge in [0.25, 0.3) is 0 Å². The van der Waals surface area contributed by atoms with Crippen LogP contribution in [0.25, 0.3) is 11.1 Å². The summed E-state index contributed by atoms with van der Waals surface area (Å²) in [5.41, 5.74) is 2.83. The van der Waals surface area contributed by atoms with Gasteiger partial charge in [-0.25, -0.2) is 4.98 Å². The smallest absolute Gasteiger partial charge is 0.126 e. The van der Waals surface area contributed by atoms with E-state index < -0.39 is 0 Å². The summed E-state index contributed by atoms with van der Waals surface area (Å²) in [7, 11) is 0. The molecule has 20 heavy (non-hydrogen) atoms. The fourth-order valence-corrected chi connectivity index (χ4v) is 2.03. The Balaban J connectivity index is 2.31. The van der Waals surface area contributed by atoms with Crippen LogP contribution in [-0.4, -0.2) is 17.2 Å². The molecule has 0 atom stereocenters. The quantitative estimate of drug-likeness (QED) is 0.840. The highest BCUT2D eigenvalue weighted by atomic mass is 35.5. The summed E-state index contributed by atoms with van der Waals surface area (Å²) in [6, 6.07) is 11.0. The standard InChI is InChI=1S/C15H13ClN4/c1-10(18)9-20-15-7-12(4-5-19-15)13-3-2-11(8-17)6-14(13)16/h2-7,18H,9H2,1H3,(H,19,20). The number of halogens is 1. The first-order valence-corrected chi connectivity index (χ1v) is 6.42. The zero-order valence-electron chi connectivity index (χ0n) is 10.9. The van der Waals surface area contributed by atoms with Crippen LogP contribution >= 0.6 is 11.6 Å². The van der Waals surface area contributed by atoms with Crippen molar-refractivity contribution in [3.63, 3.8) is 0 Å². The normalized spacial score (nSPS) is 9.85. The SMILES string of the molecule is CC(=N)CNc1cc(-c2ccc(C#N)cc2Cl)ccn1. The van der Waals surface area contributed by atoms with Crippen LogP contribution in [0.3, 0.4) is 0 Å². The molecule has 0 saturated carbocycles. The van der Waals surface area contributed by atoms with Crippen molar-refractivity contribution in [1.82, 2.24) is 4.98 Å². The maximum absolute atomic E-state index is 8.84. The average molecular weight is 285 g/mol. The van der Waals surface area contributed by atoms with Crippen molar-refractivity contribution < 1.29 is 0 Å². The van der Waals surface area contributed by atoms with Gasteiger partial charge < -0.3 is 10.7 Å². The van der Waals surface area contributed by atoms with Crippen molar-refractivity contribution in [2.45, 2.75) is 6.92 Å². The lowest BCUT2D eigenvalue weighted by atomic mass is 10.1. The Kier molecular flexibility index (Phi) is 4.34. The van der Waals surface area contributed by atoms with Gasteiger partial charge in [0.05, 0.1) is 18.2 Å². The molecule has 1 aromatic carbocycles. The molecule has 0 amide bonds. The van der Waals surface area contributed by atoms with Crippen LogP contribution in [0.2, 0.25) is 5.02 Å². The molecular weight excluding hydrogens is 272 g/mol. The van der Waals surface area contributed by atoms with Gasteiger partial charge >= 0.3 is 0 Å². The van der Waals surface area contributed by atoms with E-state index >= 15 is 0 Å². The van der Waals surface area contributed by atoms with Crippen LogP contribution in [-0.2, 0) is 0 Å². The minimum atomic E-state index is 0.456. The second kappa shape index (κ2) is 6.18. The minimum absolute atomic E-state index is 0.456. The molecule has 0 unspecified atom stereocenters. The monoisotopic (exact) mass is 284 g/mol. The molecule has 0 aliphatic rings. The third-order valence-corrected chi connectivity index (χ3v) is 3.02. The second-order valence-corrected chi connectivity index (χ2v) is 4.78. The molecule has 4 nitrogen and oxygen atoms in total. The number of benzene rings is 1. The van der Waals surface area contributed by atoms with Crippen molar-refractivity contribution in [1.29, 1.82) is 10.7 Å². The molecule has 0 aliphatic carbocycles. The summed E-state index contributed by atoms with van der Waals surface area (Å²) >= 11 is 6.20. The highest BCUT2D eigenvalue weighted by Gasteiger charge is 2.06. The molecule has 0 radical (unpaired) electrons. The van der Waals surface area contributed by atoms with Crippen LogP contribution in [0.4, 0.5) is 5.82 Å². The predicted molar refractivity (Wildman–Crippen MR) is 81.3 cm³/mol. The summed E-state index contributed by atoms with van der Waals surface area (Å²) in [4.78, 5) is 4.20. The number of nitrogens with one attached hydrogen (secondary N) is 2. The first-order valence-electron chi connectivity index (χ1n) is 6.04. The van der Waals surface area contributed by atoms with Gasteiger partial charge in [0.2, 0.25) is 0 Å². The molecular formula is C15H13ClN4. The van der Waals surface area contributed by atoms with Gasteiger partial charge in [-0.05, 0) is 36.8 Å². The van der Waals surface area contributed by atoms with E-state index in [4.69, 9.17) is 22.3 Å². The molecule has 100 valence electrons. The lowest BCUT2D eigenvalue weighted by Crippen LogP contribution is -2.10. The van der Waals surface area contributed by atoms with E-state index in [1.54, 1.807) is 25.3 Å². The maximum atomic E-state index is 8.84. The predicted octanol–water partition coefficient (Wildman–Crippen LogP) is 3.73. The van der Waals surface area contributed by atoms with Gasteiger partial charge in [0.1, 0.15) is 5.82 Å². The van der Waals surface area contributed by atoms with Crippen molar-refractivity contribution >= 4 is 23.1 Å². The fraction of sp³-hybridized carbons (Fsp3) is 0.133. The molecule has 0 saturated heterocycles. The highest BCUT2D eigenvalue weighted by molar-refractivity contribution is 6.33. The summed E-state index contributed by atoms with van der Waals surface area (Å²) in [5.74, 6) is 0.689. The average Bonchev–Trinajstić information content (AvgIpc) is 2.45. The van der Waals surface area contributed by atoms with E-state index in [1.807, 2.05) is 18.2 Å². The summed E-state index contributed by atoms with van der Waals surface area (Å²) in [5, 5.41) is 19.8. The molecule has 2 N–H and O–H groups in total. The van der Waals surface area contributed by atoms with Crippen molar-refractivity contribution in [2.24, 2.45) is 0 Å². The molecule has 0 aliphatic heterocycles. The highest BCUT2D eigenvalue weighted by Crippen LogP contribution is 2.29. The van der Waals surface area contributed by atoms with E-state index in [9.17, 15) is 0 Å². The van der Waals surface area contributed by atoms with Crippen LogP contribution < -0.4 is 5.32 Å². The first-order chi connectivity index (χ1) is 9.60. The van der Waals surface area contributed by atoms with Gasteiger partial charge in [-0.2, -0.15) is 5.26 Å². The third-order valence-electron chi connectivity index (χ3n) is 2.70. The van der Waals surface area contributed by atoms with Crippen LogP contribution in [0.1, 0.15) is 12.5 Å². The molecule has 0 spiro atoms. The minimum Gasteiger partial charge on any atom is -0.365 e. The van der Waals surface area contributed by atoms with Crippen molar-refractivity contribution in [2.75, 3.05) is 11.9 Å². The van der Waals surface area contributed by atoms with E-state index in [-0.39, 0.29) is 0 Å². The van der Waals surface area contributed by atoms with Gasteiger partial charge in [0.15, 0.2) is 0 Å². The third kappa shape index (κ3) is 3.34. The van der Waals surface area contributed by atoms with Crippen molar-refractivity contribution in [3.05, 3.63) is 47.1 Å². The molecule has 5 heteroatoms. The van der Waals surface area contributed by atoms with Gasteiger partial charge in [-0.15, -0.1) is 0 Å². The summed E-state index contributed by atoms with van der Waals surface area (Å²) < 4.78 is 0. The number of hydrogen-bond acceptors (Lipinski definition) is 4. The van der Waals surface area contributed by atoms with E-state index in [0.29, 0.717) is 28.7 Å². The number of anilines is 1. The maximum Gasteiger partial charge on any atom is 0.126 e. The zero-order valence-corrected chi connectivity index (χ0v) is 11.7. The molecule has 2 aromatic rings. The number of nitrogens with zero attached hydrogens (tertiary/aromatic N) is 2. The summed E-state index contributed by atoms with van der Waals surface area (Å²) in [6.07, 6.45) is 1.69. The molecule has 1 heterocycles. The molecule has 2 rings (SSSR count). The van der Waals surface area contributed by atoms with Gasteiger partial charge in [-0.3, -0.25) is 0 Å². The van der Waals surface area contributed by atoms with E-state index in [2.05, 4.69) is 16.4 Å². The lowest BCUT2D eigenvalue weighted by molar-refractivity contribution is 1.23. The Labute approximate surface area is 122 Å². The fourth-order valence-electron chi connectivity index (χ4n) is 1.74. The topological polar surface area (TPSA) is 72.6 Å². The largest absolute Gasteiger partial charge is 0.365 e. The lowest BCUT2D eigenvalue weighted by Gasteiger charge is -2.08. The molecule has 0 fully saturated rings. The Hall–Kier alpha value is -2.38. The Morgan fingerprint density at radius 3 is 2.85 bits per heavy atom. The van der Waals surface area contributed by atoms with Gasteiger partial charge in [0, 0.05) is 22.5 Å². The van der Waals surface area contributed by atoms with Gasteiger partial charge in [-0.1, -0.05) is 17.7 Å². The van der Waals surface area contributed by atoms with Crippen molar-refractivity contribution in [3.8, 4) is 17.2 Å². The van der Waals surface area contributed by atoms with E-state index in [1.165, 1.54) is 0 Å². The van der Waals surface area contributed by atoms with Crippen LogP contribution in [0.15, 0.2) is 36.5 Å². The number of hydrogen-bond donors (Lipinski definition) is 2. The Morgan fingerprint density at radius 2 is 2.20 bits per heavy atom. The number of rotatable bonds is 4. The van der Waals surface area contributed by atoms with E-state index in [0.717, 1.165) is 11.1 Å². The number of aromatic nitrogens is 1. The van der Waals surface area contributed by atoms with Crippen LogP contribution in [0, 0.1) is 16.7 Å². The molecule has 1 aromatic heterocycles. The Morgan fingerprint density at radius 1 is 1.40 bits per heavy atom. The second-order valence-electron chi connectivity index (χ2n) is 4.37. The zero-order chi connectivity index (χ0) is 14.5. The number of pyridine rings is 1. The number of nitriles is 1. The van der Waals surface area contributed by atoms with Crippen LogP contribution in [0.5, 0.6) is 0 Å². The molecule has 0 bridgehead atoms. The first kappa shape index (κ1) is 14.0. The summed E-state index contributed by atoms with van der Waals surface area (Å²) in [6.45, 7) is 2.19.